The highest BCUT2D eigenvalue weighted by molar-refractivity contribution is 7.17. The smallest absolute Gasteiger partial charge is 0.267 e. The van der Waals surface area contributed by atoms with Crippen LogP contribution in [0.15, 0.2) is 30.5 Å². The van der Waals surface area contributed by atoms with Crippen molar-refractivity contribution in [3.05, 3.63) is 51.7 Å². The number of aryl methyl sites for hydroxylation is 2. The van der Waals surface area contributed by atoms with Gasteiger partial charge in [-0.05, 0) is 25.5 Å². The zero-order valence-electron chi connectivity index (χ0n) is 19.1. The molecule has 2 saturated heterocycles. The van der Waals surface area contributed by atoms with Crippen molar-refractivity contribution in [2.45, 2.75) is 19.9 Å². The van der Waals surface area contributed by atoms with E-state index in [0.29, 0.717) is 38.4 Å². The summed E-state index contributed by atoms with van der Waals surface area (Å²) in [6.07, 6.45) is 1.55. The number of para-hydroxylation sites is 1. The van der Waals surface area contributed by atoms with E-state index in [1.54, 1.807) is 12.3 Å². The minimum atomic E-state index is -0.249. The number of halogens is 1. The summed E-state index contributed by atoms with van der Waals surface area (Å²) in [5, 5.41) is 10.6. The number of nitrogens with zero attached hydrogens (tertiary/aromatic N) is 5. The molecule has 3 N–H and O–H groups in total. The normalized spacial score (nSPS) is 16.9. The first-order chi connectivity index (χ1) is 16.5. The zero-order valence-corrected chi connectivity index (χ0v) is 20.7. The number of anilines is 4. The summed E-state index contributed by atoms with van der Waals surface area (Å²) < 4.78 is 0. The number of amides is 1. The van der Waals surface area contributed by atoms with E-state index in [0.717, 1.165) is 50.6 Å². The van der Waals surface area contributed by atoms with E-state index < -0.39 is 0 Å². The second-order valence-corrected chi connectivity index (χ2v) is 9.97. The third-order valence-electron chi connectivity index (χ3n) is 6.16. The molecule has 0 bridgehead atoms. The Balaban J connectivity index is 1.24. The number of nitrogens with one attached hydrogen (secondary N) is 3. The average Bonchev–Trinajstić information content (AvgIpc) is 3.24. The summed E-state index contributed by atoms with van der Waals surface area (Å²) in [5.74, 6) is 2.01. The molecular formula is C23H27ClN8OS. The van der Waals surface area contributed by atoms with Crippen molar-refractivity contribution >= 4 is 51.3 Å². The number of thiazole rings is 1. The standard InChI is InChI=1S/C23H27ClN8OS/c1-14-4-3-5-17(24)21(14)30-22(33)18-13-26-23(34-18)29-19-10-20(28-15(2)27-19)32-8-6-31(7-9-32)16-11-25-12-16/h3-5,10,13,16,25H,6-9,11-12H2,1-2H3,(H,30,33)(H,26,27,28,29). The summed E-state index contributed by atoms with van der Waals surface area (Å²) in [7, 11) is 0. The first-order valence-corrected chi connectivity index (χ1v) is 12.5. The molecule has 2 aromatic heterocycles. The lowest BCUT2D eigenvalue weighted by Gasteiger charge is -2.43. The van der Waals surface area contributed by atoms with Crippen LogP contribution in [0.25, 0.3) is 0 Å². The Morgan fingerprint density at radius 1 is 1.18 bits per heavy atom. The van der Waals surface area contributed by atoms with Gasteiger partial charge >= 0.3 is 0 Å². The minimum absolute atomic E-state index is 0.249. The molecule has 1 amide bonds. The first-order valence-electron chi connectivity index (χ1n) is 11.3. The van der Waals surface area contributed by atoms with Gasteiger partial charge in [-0.3, -0.25) is 9.69 Å². The lowest BCUT2D eigenvalue weighted by atomic mass is 10.1. The number of rotatable bonds is 6. The van der Waals surface area contributed by atoms with Crippen molar-refractivity contribution in [3.63, 3.8) is 0 Å². The Labute approximate surface area is 207 Å². The predicted octanol–water partition coefficient (Wildman–Crippen LogP) is 3.29. The van der Waals surface area contributed by atoms with Crippen molar-refractivity contribution in [1.82, 2.24) is 25.2 Å². The fourth-order valence-corrected chi connectivity index (χ4v) is 5.13. The molecular weight excluding hydrogens is 472 g/mol. The van der Waals surface area contributed by atoms with Gasteiger partial charge in [-0.2, -0.15) is 0 Å². The van der Waals surface area contributed by atoms with Gasteiger partial charge in [-0.1, -0.05) is 35.1 Å². The number of hydrogen-bond donors (Lipinski definition) is 3. The van der Waals surface area contributed by atoms with Gasteiger partial charge in [0, 0.05) is 51.4 Å². The molecule has 1 aromatic carbocycles. The van der Waals surface area contributed by atoms with E-state index in [1.165, 1.54) is 11.3 Å². The molecule has 0 radical (unpaired) electrons. The molecule has 9 nitrogen and oxygen atoms in total. The highest BCUT2D eigenvalue weighted by Crippen LogP contribution is 2.28. The van der Waals surface area contributed by atoms with Crippen molar-refractivity contribution in [3.8, 4) is 0 Å². The van der Waals surface area contributed by atoms with E-state index >= 15 is 0 Å². The maximum Gasteiger partial charge on any atom is 0.267 e. The van der Waals surface area contributed by atoms with Crippen LogP contribution in [0.4, 0.5) is 22.5 Å². The van der Waals surface area contributed by atoms with Crippen LogP contribution in [-0.2, 0) is 0 Å². The summed E-state index contributed by atoms with van der Waals surface area (Å²) >= 11 is 7.50. The fourth-order valence-electron chi connectivity index (χ4n) is 4.14. The Morgan fingerprint density at radius 3 is 2.68 bits per heavy atom. The van der Waals surface area contributed by atoms with E-state index in [9.17, 15) is 4.79 Å². The number of carbonyl (C=O) groups excluding carboxylic acids is 1. The van der Waals surface area contributed by atoms with Gasteiger partial charge < -0.3 is 20.9 Å². The van der Waals surface area contributed by atoms with E-state index in [4.69, 9.17) is 11.6 Å². The quantitative estimate of drug-likeness (QED) is 0.476. The highest BCUT2D eigenvalue weighted by Gasteiger charge is 2.28. The van der Waals surface area contributed by atoms with Gasteiger partial charge in [-0.15, -0.1) is 0 Å². The zero-order chi connectivity index (χ0) is 23.7. The molecule has 178 valence electrons. The Morgan fingerprint density at radius 2 is 1.97 bits per heavy atom. The molecule has 0 atom stereocenters. The molecule has 2 fully saturated rings. The van der Waals surface area contributed by atoms with Gasteiger partial charge in [0.05, 0.1) is 16.9 Å². The summed E-state index contributed by atoms with van der Waals surface area (Å²) in [6, 6.07) is 8.13. The lowest BCUT2D eigenvalue weighted by molar-refractivity contribution is 0.103. The molecule has 0 unspecified atom stereocenters. The van der Waals surface area contributed by atoms with Crippen LogP contribution >= 0.6 is 22.9 Å². The topological polar surface area (TPSA) is 98.3 Å². The van der Waals surface area contributed by atoms with Crippen LogP contribution in [0.5, 0.6) is 0 Å². The monoisotopic (exact) mass is 498 g/mol. The van der Waals surface area contributed by atoms with Crippen molar-refractivity contribution in [2.24, 2.45) is 0 Å². The van der Waals surface area contributed by atoms with Gasteiger partial charge in [0.15, 0.2) is 5.13 Å². The van der Waals surface area contributed by atoms with Gasteiger partial charge in [0.2, 0.25) is 0 Å². The summed E-state index contributed by atoms with van der Waals surface area (Å²) in [4.78, 5) is 31.6. The third kappa shape index (κ3) is 5.00. The summed E-state index contributed by atoms with van der Waals surface area (Å²) in [5.41, 5.74) is 1.51. The number of carbonyl (C=O) groups is 1. The summed E-state index contributed by atoms with van der Waals surface area (Å²) in [6.45, 7) is 9.92. The molecule has 0 saturated carbocycles. The number of aromatic nitrogens is 3. The molecule has 34 heavy (non-hydrogen) atoms. The van der Waals surface area contributed by atoms with Crippen molar-refractivity contribution < 1.29 is 4.79 Å². The molecule has 0 spiro atoms. The highest BCUT2D eigenvalue weighted by atomic mass is 35.5. The van der Waals surface area contributed by atoms with Crippen LogP contribution in [0, 0.1) is 13.8 Å². The fraction of sp³-hybridized carbons (Fsp3) is 0.391. The maximum absolute atomic E-state index is 12.7. The van der Waals surface area contributed by atoms with E-state index in [-0.39, 0.29) is 5.91 Å². The maximum atomic E-state index is 12.7. The Hall–Kier alpha value is -2.79. The van der Waals surface area contributed by atoms with E-state index in [2.05, 4.69) is 40.7 Å². The molecule has 11 heteroatoms. The lowest BCUT2D eigenvalue weighted by Crippen LogP contribution is -2.61. The van der Waals surface area contributed by atoms with Crippen LogP contribution in [0.3, 0.4) is 0 Å². The predicted molar refractivity (Wildman–Crippen MR) is 137 cm³/mol. The second kappa shape index (κ2) is 9.83. The van der Waals surface area contributed by atoms with Crippen molar-refractivity contribution in [1.29, 1.82) is 0 Å². The average molecular weight is 499 g/mol. The molecule has 2 aliphatic rings. The Kier molecular flexibility index (Phi) is 6.64. The van der Waals surface area contributed by atoms with Crippen LogP contribution in [-0.4, -0.2) is 71.1 Å². The first kappa shape index (κ1) is 23.0. The largest absolute Gasteiger partial charge is 0.354 e. The van der Waals surface area contributed by atoms with Gasteiger partial charge in [0.25, 0.3) is 5.91 Å². The molecule has 4 heterocycles. The molecule has 5 rings (SSSR count). The third-order valence-corrected chi connectivity index (χ3v) is 7.39. The van der Waals surface area contributed by atoms with Gasteiger partial charge in [-0.25, -0.2) is 15.0 Å². The number of benzene rings is 1. The molecule has 0 aliphatic carbocycles. The Bertz CT molecular complexity index is 1170. The van der Waals surface area contributed by atoms with Crippen LogP contribution in [0.2, 0.25) is 5.02 Å². The number of hydrogen-bond acceptors (Lipinski definition) is 9. The second-order valence-electron chi connectivity index (χ2n) is 8.53. The van der Waals surface area contributed by atoms with Crippen LogP contribution in [0.1, 0.15) is 21.1 Å². The van der Waals surface area contributed by atoms with Crippen LogP contribution < -0.4 is 20.9 Å². The molecule has 2 aliphatic heterocycles. The minimum Gasteiger partial charge on any atom is -0.354 e. The van der Waals surface area contributed by atoms with Crippen molar-refractivity contribution in [2.75, 3.05) is 54.8 Å². The number of piperazine rings is 1. The SMILES string of the molecule is Cc1nc(Nc2ncc(C(=O)Nc3c(C)cccc3Cl)s2)cc(N2CCN(C3CNC3)CC2)n1. The molecule has 3 aromatic rings. The van der Waals surface area contributed by atoms with E-state index in [1.807, 2.05) is 32.0 Å². The van der Waals surface area contributed by atoms with Gasteiger partial charge in [0.1, 0.15) is 22.3 Å².